The molecular formula is C18H30N2O3. The van der Waals surface area contributed by atoms with Crippen LogP contribution in [0.3, 0.4) is 0 Å². The summed E-state index contributed by atoms with van der Waals surface area (Å²) in [6, 6.07) is 2.64. The van der Waals surface area contributed by atoms with Crippen LogP contribution in [0.2, 0.25) is 0 Å². The average molecular weight is 322 g/mol. The lowest BCUT2D eigenvalue weighted by Gasteiger charge is -2.27. The first-order valence-electron chi connectivity index (χ1n) is 8.48. The maximum atomic E-state index is 12.0. The third-order valence-corrected chi connectivity index (χ3v) is 4.23. The Morgan fingerprint density at radius 1 is 1.30 bits per heavy atom. The van der Waals surface area contributed by atoms with Gasteiger partial charge in [0.05, 0.1) is 0 Å². The monoisotopic (exact) mass is 322 g/mol. The molecule has 0 spiro atoms. The van der Waals surface area contributed by atoms with Crippen molar-refractivity contribution in [2.24, 2.45) is 0 Å². The molecule has 0 aromatic carbocycles. The van der Waals surface area contributed by atoms with Gasteiger partial charge in [-0.25, -0.2) is 4.79 Å². The molecule has 130 valence electrons. The van der Waals surface area contributed by atoms with Crippen LogP contribution in [0.4, 0.5) is 4.79 Å². The van der Waals surface area contributed by atoms with Crippen molar-refractivity contribution in [2.75, 3.05) is 0 Å². The number of furan rings is 1. The average Bonchev–Trinajstić information content (AvgIpc) is 2.94. The zero-order valence-corrected chi connectivity index (χ0v) is 15.2. The van der Waals surface area contributed by atoms with E-state index in [-0.39, 0.29) is 24.2 Å². The highest BCUT2D eigenvalue weighted by molar-refractivity contribution is 5.68. The standard InChI is InChI=1S/C18H30N2O3/c1-11-10-14(13(3)22-11)12(2)19-15-8-7-9-16(15)20-17(21)23-18(4,5)6/h10,12,15-16,19H,7-9H2,1-6H3,(H,20,21). The number of ether oxygens (including phenoxy) is 1. The van der Waals surface area contributed by atoms with Gasteiger partial charge in [-0.05, 0) is 66.9 Å². The Balaban J connectivity index is 1.94. The number of nitrogens with one attached hydrogen (secondary N) is 2. The summed E-state index contributed by atoms with van der Waals surface area (Å²) in [5.74, 6) is 1.89. The van der Waals surface area contributed by atoms with Gasteiger partial charge in [-0.1, -0.05) is 0 Å². The van der Waals surface area contributed by atoms with Crippen LogP contribution in [-0.4, -0.2) is 23.8 Å². The van der Waals surface area contributed by atoms with E-state index in [1.54, 1.807) is 0 Å². The molecular weight excluding hydrogens is 292 g/mol. The van der Waals surface area contributed by atoms with Crippen LogP contribution < -0.4 is 10.6 Å². The highest BCUT2D eigenvalue weighted by Gasteiger charge is 2.31. The van der Waals surface area contributed by atoms with E-state index in [0.717, 1.165) is 30.8 Å². The van der Waals surface area contributed by atoms with Gasteiger partial charge in [0.1, 0.15) is 17.1 Å². The Morgan fingerprint density at radius 3 is 2.52 bits per heavy atom. The van der Waals surface area contributed by atoms with Gasteiger partial charge < -0.3 is 19.8 Å². The van der Waals surface area contributed by atoms with E-state index in [2.05, 4.69) is 23.6 Å². The molecule has 1 aliphatic carbocycles. The second-order valence-corrected chi connectivity index (χ2v) is 7.55. The van der Waals surface area contributed by atoms with Crippen molar-refractivity contribution in [2.45, 2.75) is 84.5 Å². The van der Waals surface area contributed by atoms with Gasteiger partial charge in [-0.3, -0.25) is 0 Å². The molecule has 1 fully saturated rings. The fourth-order valence-electron chi connectivity index (χ4n) is 3.28. The summed E-state index contributed by atoms with van der Waals surface area (Å²) in [4.78, 5) is 12.0. The Labute approximate surface area is 139 Å². The lowest BCUT2D eigenvalue weighted by molar-refractivity contribution is 0.0497. The van der Waals surface area contributed by atoms with Gasteiger partial charge in [-0.15, -0.1) is 0 Å². The minimum Gasteiger partial charge on any atom is -0.466 e. The Morgan fingerprint density at radius 2 is 1.96 bits per heavy atom. The summed E-state index contributed by atoms with van der Waals surface area (Å²) in [5.41, 5.74) is 0.718. The summed E-state index contributed by atoms with van der Waals surface area (Å²) < 4.78 is 11.0. The van der Waals surface area contributed by atoms with Gasteiger partial charge >= 0.3 is 6.09 Å². The second-order valence-electron chi connectivity index (χ2n) is 7.55. The number of carbonyl (C=O) groups is 1. The topological polar surface area (TPSA) is 63.5 Å². The first-order chi connectivity index (χ1) is 10.7. The van der Waals surface area contributed by atoms with Crippen molar-refractivity contribution in [3.8, 4) is 0 Å². The molecule has 0 bridgehead atoms. The maximum Gasteiger partial charge on any atom is 0.407 e. The molecule has 2 N–H and O–H groups in total. The molecule has 1 aromatic rings. The largest absolute Gasteiger partial charge is 0.466 e. The van der Waals surface area contributed by atoms with Gasteiger partial charge in [0.15, 0.2) is 0 Å². The fraction of sp³-hybridized carbons (Fsp3) is 0.722. The Bertz CT molecular complexity index is 545. The molecule has 0 aliphatic heterocycles. The summed E-state index contributed by atoms with van der Waals surface area (Å²) in [7, 11) is 0. The quantitative estimate of drug-likeness (QED) is 0.879. The first-order valence-corrected chi connectivity index (χ1v) is 8.48. The van der Waals surface area contributed by atoms with Crippen molar-refractivity contribution >= 4 is 6.09 Å². The number of carbonyl (C=O) groups excluding carboxylic acids is 1. The van der Waals surface area contributed by atoms with Crippen molar-refractivity contribution in [3.63, 3.8) is 0 Å². The molecule has 3 atom stereocenters. The van der Waals surface area contributed by atoms with Gasteiger partial charge in [0, 0.05) is 23.7 Å². The molecule has 1 aromatic heterocycles. The molecule has 1 aliphatic rings. The third-order valence-electron chi connectivity index (χ3n) is 4.23. The molecule has 2 rings (SSSR count). The van der Waals surface area contributed by atoms with E-state index in [9.17, 15) is 4.79 Å². The van der Waals surface area contributed by atoms with Crippen molar-refractivity contribution in [1.29, 1.82) is 0 Å². The van der Waals surface area contributed by atoms with E-state index in [0.29, 0.717) is 0 Å². The van der Waals surface area contributed by atoms with Crippen LogP contribution in [0, 0.1) is 13.8 Å². The van der Waals surface area contributed by atoms with Crippen LogP contribution in [0.5, 0.6) is 0 Å². The molecule has 23 heavy (non-hydrogen) atoms. The normalized spacial score (nSPS) is 22.9. The number of aryl methyl sites for hydroxylation is 2. The van der Waals surface area contributed by atoms with Crippen LogP contribution >= 0.6 is 0 Å². The molecule has 1 saturated carbocycles. The summed E-state index contributed by atoms with van der Waals surface area (Å²) >= 11 is 0. The van der Waals surface area contributed by atoms with E-state index in [4.69, 9.17) is 9.15 Å². The molecule has 5 heteroatoms. The smallest absolute Gasteiger partial charge is 0.407 e. The fourth-order valence-corrected chi connectivity index (χ4v) is 3.28. The lowest BCUT2D eigenvalue weighted by atomic mass is 10.1. The van der Waals surface area contributed by atoms with Crippen molar-refractivity contribution in [3.05, 3.63) is 23.2 Å². The lowest BCUT2D eigenvalue weighted by Crippen LogP contribution is -2.48. The molecule has 0 saturated heterocycles. The van der Waals surface area contributed by atoms with Gasteiger partial charge in [0.25, 0.3) is 0 Å². The van der Waals surface area contributed by atoms with Gasteiger partial charge in [0.2, 0.25) is 0 Å². The molecule has 0 radical (unpaired) electrons. The van der Waals surface area contributed by atoms with E-state index in [1.165, 1.54) is 5.56 Å². The highest BCUT2D eigenvalue weighted by Crippen LogP contribution is 2.26. The van der Waals surface area contributed by atoms with Crippen LogP contribution in [0.1, 0.15) is 70.1 Å². The maximum absolute atomic E-state index is 12.0. The first kappa shape index (κ1) is 17.9. The minimum absolute atomic E-state index is 0.112. The molecule has 5 nitrogen and oxygen atoms in total. The molecule has 1 heterocycles. The Kier molecular flexibility index (Phi) is 5.40. The van der Waals surface area contributed by atoms with Crippen LogP contribution in [0.15, 0.2) is 10.5 Å². The number of hydrogen-bond acceptors (Lipinski definition) is 4. The molecule has 3 unspecified atom stereocenters. The SMILES string of the molecule is Cc1cc(C(C)NC2CCCC2NC(=O)OC(C)(C)C)c(C)o1. The van der Waals surface area contributed by atoms with E-state index in [1.807, 2.05) is 34.6 Å². The zero-order valence-electron chi connectivity index (χ0n) is 15.2. The molecule has 1 amide bonds. The number of alkyl carbamates (subject to hydrolysis) is 1. The third kappa shape index (κ3) is 4.99. The van der Waals surface area contributed by atoms with Crippen LogP contribution in [-0.2, 0) is 4.74 Å². The predicted octanol–water partition coefficient (Wildman–Crippen LogP) is 3.99. The number of amides is 1. The zero-order chi connectivity index (χ0) is 17.2. The Hall–Kier alpha value is -1.49. The number of rotatable bonds is 4. The second kappa shape index (κ2) is 6.95. The van der Waals surface area contributed by atoms with Crippen molar-refractivity contribution < 1.29 is 13.9 Å². The van der Waals surface area contributed by atoms with Gasteiger partial charge in [-0.2, -0.15) is 0 Å². The van der Waals surface area contributed by atoms with E-state index >= 15 is 0 Å². The van der Waals surface area contributed by atoms with E-state index < -0.39 is 5.60 Å². The number of hydrogen-bond donors (Lipinski definition) is 2. The van der Waals surface area contributed by atoms with Crippen LogP contribution in [0.25, 0.3) is 0 Å². The summed E-state index contributed by atoms with van der Waals surface area (Å²) in [6.45, 7) is 11.7. The highest BCUT2D eigenvalue weighted by atomic mass is 16.6. The predicted molar refractivity (Wildman–Crippen MR) is 90.5 cm³/mol. The minimum atomic E-state index is -0.468. The van der Waals surface area contributed by atoms with Crippen molar-refractivity contribution in [1.82, 2.24) is 10.6 Å². The summed E-state index contributed by atoms with van der Waals surface area (Å²) in [6.07, 6.45) is 2.81. The summed E-state index contributed by atoms with van der Waals surface area (Å²) in [5, 5.41) is 6.65.